The molecule has 0 N–H and O–H groups in total. The quantitative estimate of drug-likeness (QED) is 0.515. The summed E-state index contributed by atoms with van der Waals surface area (Å²) >= 11 is 4.60. The standard InChI is InChI=1S/C6H2BrF3IN/c7-5-1-4(11)3(2-12-5)6(8,9)10/h1-2H. The highest BCUT2D eigenvalue weighted by atomic mass is 127. The molecule has 1 aromatic heterocycles. The Bertz CT molecular complexity index is 299. The van der Waals surface area contributed by atoms with Gasteiger partial charge in [0.1, 0.15) is 4.60 Å². The average molecular weight is 352 g/mol. The zero-order valence-electron chi connectivity index (χ0n) is 5.49. The number of halogens is 5. The van der Waals surface area contributed by atoms with Crippen LogP contribution in [0.5, 0.6) is 0 Å². The predicted octanol–water partition coefficient (Wildman–Crippen LogP) is 3.47. The van der Waals surface area contributed by atoms with Crippen molar-refractivity contribution in [1.29, 1.82) is 0 Å². The van der Waals surface area contributed by atoms with Crippen LogP contribution in [0.2, 0.25) is 0 Å². The van der Waals surface area contributed by atoms with E-state index in [-0.39, 0.29) is 3.57 Å². The molecule has 0 fully saturated rings. The van der Waals surface area contributed by atoms with E-state index in [0.29, 0.717) is 4.60 Å². The van der Waals surface area contributed by atoms with Gasteiger partial charge in [0, 0.05) is 9.77 Å². The van der Waals surface area contributed by atoms with Gasteiger partial charge in [-0.1, -0.05) is 0 Å². The lowest BCUT2D eigenvalue weighted by atomic mass is 10.3. The van der Waals surface area contributed by atoms with E-state index in [1.807, 2.05) is 0 Å². The molecule has 0 radical (unpaired) electrons. The van der Waals surface area contributed by atoms with E-state index < -0.39 is 11.7 Å². The highest BCUT2D eigenvalue weighted by Gasteiger charge is 2.33. The van der Waals surface area contributed by atoms with Gasteiger partial charge in [-0.3, -0.25) is 0 Å². The molecule has 1 rings (SSSR count). The summed E-state index contributed by atoms with van der Waals surface area (Å²) < 4.78 is 36.9. The molecule has 0 aliphatic heterocycles. The number of rotatable bonds is 0. The van der Waals surface area contributed by atoms with E-state index in [4.69, 9.17) is 0 Å². The van der Waals surface area contributed by atoms with Crippen LogP contribution in [0.1, 0.15) is 5.56 Å². The van der Waals surface area contributed by atoms with Crippen LogP contribution >= 0.6 is 38.5 Å². The van der Waals surface area contributed by atoms with Gasteiger partial charge in [0.25, 0.3) is 0 Å². The van der Waals surface area contributed by atoms with E-state index >= 15 is 0 Å². The molecule has 0 saturated carbocycles. The summed E-state index contributed by atoms with van der Waals surface area (Å²) in [5.74, 6) is 0. The summed E-state index contributed by atoms with van der Waals surface area (Å²) in [5.41, 5.74) is -0.703. The molecule has 0 aromatic carbocycles. The smallest absolute Gasteiger partial charge is 0.249 e. The topological polar surface area (TPSA) is 12.9 Å². The number of aromatic nitrogens is 1. The van der Waals surface area contributed by atoms with Crippen LogP contribution in [-0.4, -0.2) is 4.98 Å². The summed E-state index contributed by atoms with van der Waals surface area (Å²) in [6, 6.07) is 1.32. The molecule has 0 aliphatic rings. The summed E-state index contributed by atoms with van der Waals surface area (Å²) in [6.45, 7) is 0. The highest BCUT2D eigenvalue weighted by Crippen LogP contribution is 2.32. The van der Waals surface area contributed by atoms with E-state index in [2.05, 4.69) is 20.9 Å². The fourth-order valence-electron chi connectivity index (χ4n) is 0.616. The van der Waals surface area contributed by atoms with Crippen LogP contribution in [0.3, 0.4) is 0 Å². The molecule has 6 heteroatoms. The molecule has 66 valence electrons. The van der Waals surface area contributed by atoms with Gasteiger partial charge in [-0.15, -0.1) is 0 Å². The number of alkyl halides is 3. The monoisotopic (exact) mass is 351 g/mol. The summed E-state index contributed by atoms with van der Waals surface area (Å²) in [4.78, 5) is 3.50. The van der Waals surface area contributed by atoms with Gasteiger partial charge in [0.2, 0.25) is 0 Å². The molecule has 0 unspecified atom stereocenters. The lowest BCUT2D eigenvalue weighted by Gasteiger charge is -2.07. The van der Waals surface area contributed by atoms with E-state index in [1.165, 1.54) is 6.07 Å². The third-order valence-corrected chi connectivity index (χ3v) is 2.45. The maximum atomic E-state index is 12.1. The second-order valence-electron chi connectivity index (χ2n) is 1.98. The van der Waals surface area contributed by atoms with Gasteiger partial charge in [-0.2, -0.15) is 13.2 Å². The van der Waals surface area contributed by atoms with Gasteiger partial charge in [0.15, 0.2) is 0 Å². The third-order valence-electron chi connectivity index (χ3n) is 1.13. The molecule has 1 heterocycles. The van der Waals surface area contributed by atoms with Crippen molar-refractivity contribution in [2.45, 2.75) is 6.18 Å². The minimum atomic E-state index is -4.32. The maximum Gasteiger partial charge on any atom is 0.418 e. The Labute approximate surface area is 88.6 Å². The fourth-order valence-corrected chi connectivity index (χ4v) is 2.12. The molecule has 1 nitrogen and oxygen atoms in total. The molecule has 0 spiro atoms. The summed E-state index contributed by atoms with van der Waals surface area (Å²) in [7, 11) is 0. The molecule has 0 aliphatic carbocycles. The summed E-state index contributed by atoms with van der Waals surface area (Å²) in [5, 5.41) is 0. The first-order chi connectivity index (χ1) is 5.41. The van der Waals surface area contributed by atoms with Crippen molar-refractivity contribution in [2.24, 2.45) is 0 Å². The largest absolute Gasteiger partial charge is 0.418 e. The average Bonchev–Trinajstić information content (AvgIpc) is 1.83. The third kappa shape index (κ3) is 2.32. The first-order valence-electron chi connectivity index (χ1n) is 2.79. The van der Waals surface area contributed by atoms with Crippen LogP contribution in [-0.2, 0) is 6.18 Å². The van der Waals surface area contributed by atoms with Gasteiger partial charge in [-0.05, 0) is 44.6 Å². The molecule has 0 amide bonds. The SMILES string of the molecule is FC(F)(F)c1cnc(Br)cc1I. The van der Waals surface area contributed by atoms with Crippen molar-refractivity contribution >= 4 is 38.5 Å². The van der Waals surface area contributed by atoms with Crippen LogP contribution in [0.25, 0.3) is 0 Å². The zero-order chi connectivity index (χ0) is 9.35. The predicted molar refractivity (Wildman–Crippen MR) is 49.7 cm³/mol. The van der Waals surface area contributed by atoms with Crippen LogP contribution in [0, 0.1) is 3.57 Å². The molecular formula is C6H2BrF3IN. The number of nitrogens with zero attached hydrogens (tertiary/aromatic N) is 1. The Morgan fingerprint density at radius 2 is 2.00 bits per heavy atom. The minimum Gasteiger partial charge on any atom is -0.249 e. The van der Waals surface area contributed by atoms with Crippen molar-refractivity contribution in [3.05, 3.63) is 26.0 Å². The van der Waals surface area contributed by atoms with Crippen LogP contribution in [0.4, 0.5) is 13.2 Å². The van der Waals surface area contributed by atoms with Gasteiger partial charge < -0.3 is 0 Å². The van der Waals surface area contributed by atoms with Gasteiger partial charge in [0.05, 0.1) is 5.56 Å². The van der Waals surface area contributed by atoms with Crippen molar-refractivity contribution in [3.8, 4) is 0 Å². The van der Waals surface area contributed by atoms with Crippen LogP contribution < -0.4 is 0 Å². The highest BCUT2D eigenvalue weighted by molar-refractivity contribution is 14.1. The maximum absolute atomic E-state index is 12.1. The lowest BCUT2D eigenvalue weighted by Crippen LogP contribution is -2.07. The normalized spacial score (nSPS) is 11.8. The van der Waals surface area contributed by atoms with Crippen molar-refractivity contribution in [2.75, 3.05) is 0 Å². The number of hydrogen-bond acceptors (Lipinski definition) is 1. The van der Waals surface area contributed by atoms with E-state index in [1.54, 1.807) is 22.6 Å². The number of pyridine rings is 1. The Morgan fingerprint density at radius 1 is 1.42 bits per heavy atom. The van der Waals surface area contributed by atoms with Gasteiger partial charge in [-0.25, -0.2) is 4.98 Å². The number of hydrogen-bond donors (Lipinski definition) is 0. The Kier molecular flexibility index (Phi) is 2.97. The summed E-state index contributed by atoms with van der Waals surface area (Å²) in [6.07, 6.45) is -3.50. The van der Waals surface area contributed by atoms with Crippen molar-refractivity contribution < 1.29 is 13.2 Å². The Morgan fingerprint density at radius 3 is 2.42 bits per heavy atom. The molecule has 12 heavy (non-hydrogen) atoms. The Hall–Kier alpha value is 0.150. The second-order valence-corrected chi connectivity index (χ2v) is 3.96. The van der Waals surface area contributed by atoms with Gasteiger partial charge >= 0.3 is 6.18 Å². The molecule has 0 atom stereocenters. The second kappa shape index (κ2) is 3.49. The Balaban J connectivity index is 3.19. The molecule has 1 aromatic rings. The van der Waals surface area contributed by atoms with E-state index in [0.717, 1.165) is 6.20 Å². The molecule has 0 saturated heterocycles. The molecular weight excluding hydrogens is 350 g/mol. The minimum absolute atomic E-state index is 0.141. The zero-order valence-corrected chi connectivity index (χ0v) is 9.24. The van der Waals surface area contributed by atoms with E-state index in [9.17, 15) is 13.2 Å². The fraction of sp³-hybridized carbons (Fsp3) is 0.167. The lowest BCUT2D eigenvalue weighted by molar-refractivity contribution is -0.138. The van der Waals surface area contributed by atoms with Crippen molar-refractivity contribution in [1.82, 2.24) is 4.98 Å². The van der Waals surface area contributed by atoms with Crippen molar-refractivity contribution in [3.63, 3.8) is 0 Å². The first kappa shape index (κ1) is 10.2. The first-order valence-corrected chi connectivity index (χ1v) is 4.66. The molecule has 0 bridgehead atoms. The van der Waals surface area contributed by atoms with Crippen LogP contribution in [0.15, 0.2) is 16.9 Å².